The number of rotatable bonds is 4. The molecule has 0 saturated carbocycles. The fourth-order valence-corrected chi connectivity index (χ4v) is 4.79. The first-order chi connectivity index (χ1) is 10.8. The van der Waals surface area contributed by atoms with Gasteiger partial charge in [0.2, 0.25) is 0 Å². The van der Waals surface area contributed by atoms with E-state index >= 15 is 0 Å². The number of aromatic nitrogens is 2. The topological polar surface area (TPSA) is 61.7 Å². The monoisotopic (exact) mass is 341 g/mol. The molecule has 0 unspecified atom stereocenters. The Morgan fingerprint density at radius 2 is 1.78 bits per heavy atom. The normalized spacial score (nSPS) is 22.7. The summed E-state index contributed by atoms with van der Waals surface area (Å²) in [6.45, 7) is 11.6. The summed E-state index contributed by atoms with van der Waals surface area (Å²) in [6, 6.07) is 0.937. The van der Waals surface area contributed by atoms with Crippen molar-refractivity contribution in [2.24, 2.45) is 7.05 Å². The smallest absolute Gasteiger partial charge is 0.262 e. The van der Waals surface area contributed by atoms with Crippen LogP contribution in [0.5, 0.6) is 0 Å². The number of hydrogen-bond donors (Lipinski definition) is 0. The van der Waals surface area contributed by atoms with Crippen molar-refractivity contribution < 1.29 is 8.42 Å². The third-order valence-electron chi connectivity index (χ3n) is 5.12. The molecule has 2 saturated heterocycles. The minimum atomic E-state index is -3.44. The van der Waals surface area contributed by atoms with Gasteiger partial charge in [-0.3, -0.25) is 9.80 Å². The average Bonchev–Trinajstić information content (AvgIpc) is 2.78. The minimum absolute atomic E-state index is 0.167. The molecule has 0 radical (unpaired) electrons. The Balaban J connectivity index is 1.57. The predicted octanol–water partition coefficient (Wildman–Crippen LogP) is 0.127. The van der Waals surface area contributed by atoms with Crippen LogP contribution in [0, 0.1) is 6.92 Å². The standard InChI is InChI=1S/C15H27N5O2S/c1-12(2)18-5-7-19(8-6-18)14-9-20(10-14)23(21,22)15-11-17(4)13(3)16-15/h11-12,14H,5-10H2,1-4H3. The van der Waals surface area contributed by atoms with Crippen molar-refractivity contribution in [1.29, 1.82) is 0 Å². The summed E-state index contributed by atoms with van der Waals surface area (Å²) in [5.41, 5.74) is 0. The lowest BCUT2D eigenvalue weighted by molar-refractivity contribution is 0.0315. The average molecular weight is 341 g/mol. The van der Waals surface area contributed by atoms with Crippen LogP contribution >= 0.6 is 0 Å². The number of hydrogen-bond acceptors (Lipinski definition) is 5. The third kappa shape index (κ3) is 3.17. The molecule has 8 heteroatoms. The molecule has 0 amide bonds. The quantitative estimate of drug-likeness (QED) is 0.779. The van der Waals surface area contributed by atoms with E-state index in [0.717, 1.165) is 26.2 Å². The molecule has 0 aliphatic carbocycles. The van der Waals surface area contributed by atoms with Gasteiger partial charge >= 0.3 is 0 Å². The van der Waals surface area contributed by atoms with Crippen LogP contribution in [-0.4, -0.2) is 83.4 Å². The Kier molecular flexibility index (Phi) is 4.52. The summed E-state index contributed by atoms with van der Waals surface area (Å²) in [5.74, 6) is 0.713. The maximum atomic E-state index is 12.6. The first kappa shape index (κ1) is 16.9. The van der Waals surface area contributed by atoms with E-state index < -0.39 is 10.0 Å². The Hall–Kier alpha value is -0.960. The van der Waals surface area contributed by atoms with E-state index in [4.69, 9.17) is 0 Å². The van der Waals surface area contributed by atoms with Crippen molar-refractivity contribution in [2.75, 3.05) is 39.3 Å². The van der Waals surface area contributed by atoms with Crippen LogP contribution in [0.15, 0.2) is 11.2 Å². The number of imidazole rings is 1. The zero-order chi connectivity index (χ0) is 16.8. The summed E-state index contributed by atoms with van der Waals surface area (Å²) in [7, 11) is -1.62. The maximum Gasteiger partial charge on any atom is 0.262 e. The largest absolute Gasteiger partial charge is 0.337 e. The lowest BCUT2D eigenvalue weighted by Gasteiger charge is -2.47. The van der Waals surface area contributed by atoms with Crippen LogP contribution in [0.4, 0.5) is 0 Å². The second-order valence-electron chi connectivity index (χ2n) is 6.88. The van der Waals surface area contributed by atoms with Crippen molar-refractivity contribution in [3.05, 3.63) is 12.0 Å². The Labute approximate surface area is 138 Å². The van der Waals surface area contributed by atoms with Gasteiger partial charge in [0.1, 0.15) is 5.82 Å². The molecular weight excluding hydrogens is 314 g/mol. The van der Waals surface area contributed by atoms with Gasteiger partial charge < -0.3 is 4.57 Å². The fourth-order valence-electron chi connectivity index (χ4n) is 3.25. The number of aryl methyl sites for hydroxylation is 2. The van der Waals surface area contributed by atoms with Crippen molar-refractivity contribution in [2.45, 2.75) is 37.9 Å². The molecule has 3 heterocycles. The molecule has 3 rings (SSSR count). The molecule has 0 atom stereocenters. The van der Waals surface area contributed by atoms with Crippen LogP contribution in [0.25, 0.3) is 0 Å². The second kappa shape index (κ2) is 6.16. The first-order valence-electron chi connectivity index (χ1n) is 8.27. The van der Waals surface area contributed by atoms with Gasteiger partial charge in [0, 0.05) is 64.6 Å². The summed E-state index contributed by atoms with van der Waals surface area (Å²) in [4.78, 5) is 9.06. The molecule has 2 fully saturated rings. The van der Waals surface area contributed by atoms with Crippen molar-refractivity contribution in [3.8, 4) is 0 Å². The minimum Gasteiger partial charge on any atom is -0.337 e. The molecular formula is C15H27N5O2S. The van der Waals surface area contributed by atoms with Gasteiger partial charge in [0.25, 0.3) is 10.0 Å². The van der Waals surface area contributed by atoms with Crippen molar-refractivity contribution >= 4 is 10.0 Å². The molecule has 1 aromatic heterocycles. The SMILES string of the molecule is Cc1nc(S(=O)(=O)N2CC(N3CCN(C(C)C)CC3)C2)cn1C. The summed E-state index contributed by atoms with van der Waals surface area (Å²) in [6.07, 6.45) is 1.60. The lowest BCUT2D eigenvalue weighted by Crippen LogP contribution is -2.64. The van der Waals surface area contributed by atoms with E-state index in [-0.39, 0.29) is 5.03 Å². The molecule has 7 nitrogen and oxygen atoms in total. The van der Waals surface area contributed by atoms with Gasteiger partial charge in [-0.05, 0) is 20.8 Å². The van der Waals surface area contributed by atoms with Crippen LogP contribution in [0.3, 0.4) is 0 Å². The lowest BCUT2D eigenvalue weighted by atomic mass is 10.1. The molecule has 0 N–H and O–H groups in total. The van der Waals surface area contributed by atoms with E-state index in [9.17, 15) is 8.42 Å². The van der Waals surface area contributed by atoms with Gasteiger partial charge in [-0.25, -0.2) is 13.4 Å². The number of sulfonamides is 1. The molecule has 23 heavy (non-hydrogen) atoms. The van der Waals surface area contributed by atoms with Crippen LogP contribution in [0.2, 0.25) is 0 Å². The van der Waals surface area contributed by atoms with Gasteiger partial charge in [0.15, 0.2) is 5.03 Å². The Morgan fingerprint density at radius 3 is 2.26 bits per heavy atom. The highest BCUT2D eigenvalue weighted by atomic mass is 32.2. The van der Waals surface area contributed by atoms with E-state index in [1.54, 1.807) is 15.1 Å². The number of nitrogens with zero attached hydrogens (tertiary/aromatic N) is 5. The maximum absolute atomic E-state index is 12.6. The van der Waals surface area contributed by atoms with Gasteiger partial charge in [-0.2, -0.15) is 4.31 Å². The van der Waals surface area contributed by atoms with E-state index in [0.29, 0.717) is 31.0 Å². The summed E-state index contributed by atoms with van der Waals surface area (Å²) < 4.78 is 28.4. The van der Waals surface area contributed by atoms with Gasteiger partial charge in [0.05, 0.1) is 0 Å². The van der Waals surface area contributed by atoms with Crippen molar-refractivity contribution in [3.63, 3.8) is 0 Å². The molecule has 130 valence electrons. The highest BCUT2D eigenvalue weighted by Crippen LogP contribution is 2.24. The van der Waals surface area contributed by atoms with Crippen LogP contribution < -0.4 is 0 Å². The summed E-state index contributed by atoms with van der Waals surface area (Å²) >= 11 is 0. The second-order valence-corrected chi connectivity index (χ2v) is 8.76. The van der Waals surface area contributed by atoms with Gasteiger partial charge in [-0.1, -0.05) is 0 Å². The highest BCUT2D eigenvalue weighted by molar-refractivity contribution is 7.89. The van der Waals surface area contributed by atoms with Crippen molar-refractivity contribution in [1.82, 2.24) is 23.7 Å². The molecule has 0 spiro atoms. The molecule has 0 aromatic carbocycles. The highest BCUT2D eigenvalue weighted by Gasteiger charge is 2.41. The van der Waals surface area contributed by atoms with E-state index in [1.807, 2.05) is 14.0 Å². The number of piperazine rings is 1. The zero-order valence-corrected chi connectivity index (χ0v) is 15.3. The Morgan fingerprint density at radius 1 is 1.17 bits per heavy atom. The van der Waals surface area contributed by atoms with Crippen LogP contribution in [0.1, 0.15) is 19.7 Å². The molecule has 1 aromatic rings. The molecule has 2 aliphatic heterocycles. The van der Waals surface area contributed by atoms with Gasteiger partial charge in [-0.15, -0.1) is 0 Å². The van der Waals surface area contributed by atoms with E-state index in [1.165, 1.54) is 0 Å². The molecule has 0 bridgehead atoms. The summed E-state index contributed by atoms with van der Waals surface area (Å²) in [5, 5.41) is 0.167. The first-order valence-corrected chi connectivity index (χ1v) is 9.71. The van der Waals surface area contributed by atoms with E-state index in [2.05, 4.69) is 28.6 Å². The zero-order valence-electron chi connectivity index (χ0n) is 14.4. The third-order valence-corrected chi connectivity index (χ3v) is 6.82. The fraction of sp³-hybridized carbons (Fsp3) is 0.800. The Bertz CT molecular complexity index is 636. The van der Waals surface area contributed by atoms with Crippen LogP contribution in [-0.2, 0) is 17.1 Å². The predicted molar refractivity (Wildman–Crippen MR) is 88.8 cm³/mol. The molecule has 2 aliphatic rings.